The molecule has 2 saturated heterocycles. The van der Waals surface area contributed by atoms with Crippen LogP contribution in [0.15, 0.2) is 4.99 Å². The Morgan fingerprint density at radius 3 is 2.85 bits per heavy atom. The van der Waals surface area contributed by atoms with Crippen LogP contribution in [0.25, 0.3) is 0 Å². The Labute approximate surface area is 125 Å². The first-order chi connectivity index (χ1) is 9.72. The third-order valence-corrected chi connectivity index (χ3v) is 4.95. The van der Waals surface area contributed by atoms with Gasteiger partial charge < -0.3 is 20.5 Å². The molecule has 0 spiro atoms. The van der Waals surface area contributed by atoms with Gasteiger partial charge in [-0.2, -0.15) is 11.8 Å². The molecule has 0 aromatic carbocycles. The van der Waals surface area contributed by atoms with Gasteiger partial charge in [0, 0.05) is 45.5 Å². The van der Waals surface area contributed by atoms with Crippen molar-refractivity contribution >= 4 is 17.7 Å². The smallest absolute Gasteiger partial charge is 0.191 e. The second-order valence-corrected chi connectivity index (χ2v) is 6.44. The molecular weight excluding hydrogens is 276 g/mol. The minimum absolute atomic E-state index is 0.567. The number of morpholine rings is 1. The average Bonchev–Trinajstić information content (AvgIpc) is 2.91. The lowest BCUT2D eigenvalue weighted by molar-refractivity contribution is 0.0388. The molecule has 0 aliphatic carbocycles. The lowest BCUT2D eigenvalue weighted by atomic mass is 10.0. The van der Waals surface area contributed by atoms with Gasteiger partial charge in [0.05, 0.1) is 18.8 Å². The van der Waals surface area contributed by atoms with Gasteiger partial charge in [-0.1, -0.05) is 0 Å². The second-order valence-electron chi connectivity index (χ2n) is 5.33. The summed E-state index contributed by atoms with van der Waals surface area (Å²) in [7, 11) is 1.76. The Bertz CT molecular complexity index is 315. The van der Waals surface area contributed by atoms with Gasteiger partial charge in [-0.3, -0.25) is 9.89 Å². The topological polar surface area (TPSA) is 69.1 Å². The van der Waals surface area contributed by atoms with Crippen LogP contribution in [-0.2, 0) is 4.74 Å². The van der Waals surface area contributed by atoms with Gasteiger partial charge in [0.15, 0.2) is 5.96 Å². The van der Waals surface area contributed by atoms with Gasteiger partial charge >= 0.3 is 0 Å². The third kappa shape index (κ3) is 5.12. The fraction of sp³-hybridized carbons (Fsp3) is 0.923. The number of guanidine groups is 1. The summed E-state index contributed by atoms with van der Waals surface area (Å²) in [6.45, 7) is 6.08. The summed E-state index contributed by atoms with van der Waals surface area (Å²) in [5.41, 5.74) is -0.577. The monoisotopic (exact) mass is 302 g/mol. The Morgan fingerprint density at radius 2 is 2.20 bits per heavy atom. The molecule has 6 nitrogen and oxygen atoms in total. The molecule has 2 rings (SSSR count). The minimum Gasteiger partial charge on any atom is -0.387 e. The number of nitrogens with one attached hydrogen (secondary N) is 2. The second kappa shape index (κ2) is 8.07. The molecule has 0 radical (unpaired) electrons. The fourth-order valence-corrected chi connectivity index (χ4v) is 3.66. The predicted octanol–water partition coefficient (Wildman–Crippen LogP) is -0.648. The Morgan fingerprint density at radius 1 is 1.40 bits per heavy atom. The lowest BCUT2D eigenvalue weighted by Crippen LogP contribution is -2.49. The van der Waals surface area contributed by atoms with Crippen molar-refractivity contribution in [3.8, 4) is 0 Å². The summed E-state index contributed by atoms with van der Waals surface area (Å²) in [4.78, 5) is 6.58. The van der Waals surface area contributed by atoms with Crippen LogP contribution < -0.4 is 10.6 Å². The van der Waals surface area contributed by atoms with Crippen molar-refractivity contribution in [1.82, 2.24) is 15.5 Å². The van der Waals surface area contributed by atoms with Gasteiger partial charge in [0.25, 0.3) is 0 Å². The van der Waals surface area contributed by atoms with E-state index in [1.807, 2.05) is 11.8 Å². The van der Waals surface area contributed by atoms with E-state index in [2.05, 4.69) is 20.5 Å². The first-order valence-corrected chi connectivity index (χ1v) is 8.42. The maximum Gasteiger partial charge on any atom is 0.191 e. The normalized spacial score (nSPS) is 28.6. The number of rotatable bonds is 5. The molecule has 7 heteroatoms. The van der Waals surface area contributed by atoms with Crippen molar-refractivity contribution in [3.63, 3.8) is 0 Å². The minimum atomic E-state index is -0.577. The quantitative estimate of drug-likeness (QED) is 0.463. The average molecular weight is 302 g/mol. The molecule has 2 fully saturated rings. The van der Waals surface area contributed by atoms with E-state index in [1.54, 1.807) is 7.05 Å². The van der Waals surface area contributed by atoms with Gasteiger partial charge in [0.2, 0.25) is 0 Å². The van der Waals surface area contributed by atoms with Crippen LogP contribution in [0, 0.1) is 0 Å². The van der Waals surface area contributed by atoms with E-state index in [0.717, 1.165) is 63.3 Å². The SMILES string of the molecule is CN=C(NCCN1CCOCC1)NCC1(O)CCSC1. The molecule has 0 bridgehead atoms. The van der Waals surface area contributed by atoms with E-state index in [0.29, 0.717) is 6.54 Å². The molecule has 0 saturated carbocycles. The van der Waals surface area contributed by atoms with E-state index >= 15 is 0 Å². The molecule has 2 aliphatic heterocycles. The first-order valence-electron chi connectivity index (χ1n) is 7.27. The molecular formula is C13H26N4O2S. The number of aliphatic imine (C=N–C) groups is 1. The van der Waals surface area contributed by atoms with E-state index in [-0.39, 0.29) is 0 Å². The zero-order valence-corrected chi connectivity index (χ0v) is 13.0. The molecule has 116 valence electrons. The molecule has 1 unspecified atom stereocenters. The van der Waals surface area contributed by atoms with Crippen molar-refractivity contribution in [2.45, 2.75) is 12.0 Å². The van der Waals surface area contributed by atoms with Crippen molar-refractivity contribution in [2.24, 2.45) is 4.99 Å². The summed E-state index contributed by atoms with van der Waals surface area (Å²) >= 11 is 1.81. The van der Waals surface area contributed by atoms with Crippen molar-refractivity contribution in [3.05, 3.63) is 0 Å². The molecule has 2 heterocycles. The summed E-state index contributed by atoms with van der Waals surface area (Å²) in [5, 5.41) is 16.8. The maximum absolute atomic E-state index is 10.3. The van der Waals surface area contributed by atoms with Gasteiger partial charge in [-0.25, -0.2) is 0 Å². The summed E-state index contributed by atoms with van der Waals surface area (Å²) in [6.07, 6.45) is 0.857. The van der Waals surface area contributed by atoms with Gasteiger partial charge in [0.1, 0.15) is 0 Å². The van der Waals surface area contributed by atoms with Crippen LogP contribution in [0.3, 0.4) is 0 Å². The van der Waals surface area contributed by atoms with Crippen LogP contribution in [-0.4, -0.2) is 86.1 Å². The summed E-state index contributed by atoms with van der Waals surface area (Å²) in [6, 6.07) is 0. The van der Waals surface area contributed by atoms with Gasteiger partial charge in [-0.05, 0) is 12.2 Å². The molecule has 0 aromatic heterocycles. The van der Waals surface area contributed by atoms with Crippen molar-refractivity contribution in [1.29, 1.82) is 0 Å². The lowest BCUT2D eigenvalue weighted by Gasteiger charge is -2.27. The molecule has 2 aliphatic rings. The van der Waals surface area contributed by atoms with E-state index in [4.69, 9.17) is 4.74 Å². The Hall–Kier alpha value is -0.500. The van der Waals surface area contributed by atoms with Crippen molar-refractivity contribution in [2.75, 3.05) is 64.5 Å². The highest BCUT2D eigenvalue weighted by atomic mass is 32.2. The van der Waals surface area contributed by atoms with E-state index < -0.39 is 5.60 Å². The van der Waals surface area contributed by atoms with E-state index in [1.165, 1.54) is 0 Å². The number of thioether (sulfide) groups is 1. The Balaban J connectivity index is 1.62. The summed E-state index contributed by atoms with van der Waals surface area (Å²) in [5.74, 6) is 2.62. The molecule has 3 N–H and O–H groups in total. The third-order valence-electron chi connectivity index (χ3n) is 3.72. The van der Waals surface area contributed by atoms with Crippen LogP contribution in [0.2, 0.25) is 0 Å². The van der Waals surface area contributed by atoms with Crippen molar-refractivity contribution < 1.29 is 9.84 Å². The van der Waals surface area contributed by atoms with Crippen LogP contribution >= 0.6 is 11.8 Å². The van der Waals surface area contributed by atoms with Crippen LogP contribution in [0.5, 0.6) is 0 Å². The molecule has 1 atom stereocenters. The maximum atomic E-state index is 10.3. The highest BCUT2D eigenvalue weighted by molar-refractivity contribution is 7.99. The number of nitrogens with zero attached hydrogens (tertiary/aromatic N) is 2. The largest absolute Gasteiger partial charge is 0.387 e. The Kier molecular flexibility index (Phi) is 6.41. The predicted molar refractivity (Wildman–Crippen MR) is 83.5 cm³/mol. The zero-order valence-electron chi connectivity index (χ0n) is 12.2. The van der Waals surface area contributed by atoms with Crippen LogP contribution in [0.1, 0.15) is 6.42 Å². The number of hydrogen-bond acceptors (Lipinski definition) is 5. The highest BCUT2D eigenvalue weighted by Gasteiger charge is 2.31. The zero-order chi connectivity index (χ0) is 14.3. The molecule has 0 aromatic rings. The molecule has 20 heavy (non-hydrogen) atoms. The first kappa shape index (κ1) is 15.9. The number of ether oxygens (including phenoxy) is 1. The molecule has 0 amide bonds. The van der Waals surface area contributed by atoms with Crippen LogP contribution in [0.4, 0.5) is 0 Å². The number of hydrogen-bond donors (Lipinski definition) is 3. The number of aliphatic hydroxyl groups is 1. The van der Waals surface area contributed by atoms with E-state index in [9.17, 15) is 5.11 Å². The summed E-state index contributed by atoms with van der Waals surface area (Å²) < 4.78 is 5.33. The highest BCUT2D eigenvalue weighted by Crippen LogP contribution is 2.26. The standard InChI is InChI=1S/C13H26N4O2S/c1-14-12(16-10-13(18)2-9-20-11-13)15-3-4-17-5-7-19-8-6-17/h18H,2-11H2,1H3,(H2,14,15,16). The van der Waals surface area contributed by atoms with Gasteiger partial charge in [-0.15, -0.1) is 0 Å². The fourth-order valence-electron chi connectivity index (χ4n) is 2.36.